The number of primary amides is 1. The van der Waals surface area contributed by atoms with Gasteiger partial charge in [-0.15, -0.1) is 11.3 Å². The summed E-state index contributed by atoms with van der Waals surface area (Å²) < 4.78 is 14.3. The number of nitrogens with zero attached hydrogens (tertiary/aromatic N) is 1. The van der Waals surface area contributed by atoms with E-state index in [1.165, 1.54) is 12.1 Å². The van der Waals surface area contributed by atoms with Crippen molar-refractivity contribution < 1.29 is 9.18 Å². The summed E-state index contributed by atoms with van der Waals surface area (Å²) in [7, 11) is 0. The van der Waals surface area contributed by atoms with Crippen LogP contribution in [0.5, 0.6) is 0 Å². The summed E-state index contributed by atoms with van der Waals surface area (Å²) in [5.41, 5.74) is 11.6. The Morgan fingerprint density at radius 1 is 1.43 bits per heavy atom. The molecule has 0 unspecified atom stereocenters. The van der Waals surface area contributed by atoms with Crippen molar-refractivity contribution in [3.8, 4) is 0 Å². The minimum absolute atomic E-state index is 0.0793. The molecule has 6 heteroatoms. The molecule has 1 aliphatic rings. The number of amides is 1. The fourth-order valence-electron chi connectivity index (χ4n) is 2.38. The molecule has 1 aromatic heterocycles. The van der Waals surface area contributed by atoms with Gasteiger partial charge in [0.1, 0.15) is 5.82 Å². The molecule has 0 radical (unpaired) electrons. The summed E-state index contributed by atoms with van der Waals surface area (Å²) in [6.07, 6.45) is 2.06. The van der Waals surface area contributed by atoms with Gasteiger partial charge in [-0.05, 0) is 36.4 Å². The molecule has 4 N–H and O–H groups in total. The molecule has 1 aromatic carbocycles. The van der Waals surface area contributed by atoms with E-state index in [4.69, 9.17) is 11.5 Å². The second kappa shape index (κ2) is 5.37. The largest absolute Gasteiger partial charge is 0.398 e. The van der Waals surface area contributed by atoms with Crippen LogP contribution in [0.15, 0.2) is 29.6 Å². The molecule has 21 heavy (non-hydrogen) atoms. The zero-order chi connectivity index (χ0) is 15.0. The van der Waals surface area contributed by atoms with E-state index in [1.807, 2.05) is 22.4 Å². The molecule has 0 aliphatic heterocycles. The zero-order valence-electron chi connectivity index (χ0n) is 11.4. The van der Waals surface area contributed by atoms with Crippen LogP contribution >= 0.6 is 11.3 Å². The first-order valence-electron chi connectivity index (χ1n) is 6.74. The molecule has 1 amide bonds. The third-order valence-corrected chi connectivity index (χ3v) is 4.45. The van der Waals surface area contributed by atoms with Crippen LogP contribution in [0.4, 0.5) is 15.8 Å². The maximum atomic E-state index is 14.3. The number of carbonyl (C=O) groups is 1. The van der Waals surface area contributed by atoms with E-state index < -0.39 is 11.7 Å². The predicted molar refractivity (Wildman–Crippen MR) is 82.9 cm³/mol. The highest BCUT2D eigenvalue weighted by Gasteiger charge is 2.31. The normalized spacial score (nSPS) is 14.1. The van der Waals surface area contributed by atoms with Crippen LogP contribution in [0.25, 0.3) is 0 Å². The number of nitrogens with two attached hydrogens (primary N) is 2. The number of halogens is 1. The molecule has 1 saturated carbocycles. The van der Waals surface area contributed by atoms with Gasteiger partial charge >= 0.3 is 0 Å². The second-order valence-electron chi connectivity index (χ2n) is 5.19. The summed E-state index contributed by atoms with van der Waals surface area (Å²) in [6, 6.07) is 6.95. The van der Waals surface area contributed by atoms with Crippen LogP contribution in [0.1, 0.15) is 28.1 Å². The molecule has 1 aliphatic carbocycles. The van der Waals surface area contributed by atoms with Crippen LogP contribution in [0.2, 0.25) is 0 Å². The predicted octanol–water partition coefficient (Wildman–Crippen LogP) is 2.74. The Kier molecular flexibility index (Phi) is 3.55. The molecule has 0 bridgehead atoms. The van der Waals surface area contributed by atoms with E-state index in [1.54, 1.807) is 11.3 Å². The van der Waals surface area contributed by atoms with Crippen molar-refractivity contribution in [3.63, 3.8) is 0 Å². The number of nitrogen functional groups attached to an aromatic ring is 1. The number of rotatable bonds is 5. The second-order valence-corrected chi connectivity index (χ2v) is 6.23. The quantitative estimate of drug-likeness (QED) is 0.834. The van der Waals surface area contributed by atoms with Gasteiger partial charge in [0.05, 0.1) is 17.8 Å². The van der Waals surface area contributed by atoms with E-state index in [0.717, 1.165) is 17.7 Å². The highest BCUT2D eigenvalue weighted by Crippen LogP contribution is 2.36. The Labute approximate surface area is 126 Å². The molecule has 1 heterocycles. The average Bonchev–Trinajstić information content (AvgIpc) is 3.14. The van der Waals surface area contributed by atoms with Crippen LogP contribution in [-0.2, 0) is 6.54 Å². The fourth-order valence-corrected chi connectivity index (χ4v) is 3.08. The molecule has 0 spiro atoms. The Bertz CT molecular complexity index is 668. The van der Waals surface area contributed by atoms with Gasteiger partial charge in [-0.3, -0.25) is 4.79 Å². The van der Waals surface area contributed by atoms with Crippen molar-refractivity contribution in [3.05, 3.63) is 45.9 Å². The standard InChI is InChI=1S/C15H16FN3OS/c16-12-7-13(17)11(15(18)20)6-14(12)19(9-3-4-9)8-10-2-1-5-21-10/h1-2,5-7,9H,3-4,8,17H2,(H2,18,20). The van der Waals surface area contributed by atoms with E-state index >= 15 is 0 Å². The van der Waals surface area contributed by atoms with Crippen LogP contribution in [-0.4, -0.2) is 11.9 Å². The van der Waals surface area contributed by atoms with Gasteiger partial charge in [0, 0.05) is 16.6 Å². The number of hydrogen-bond donors (Lipinski definition) is 2. The molecule has 3 rings (SSSR count). The Hall–Kier alpha value is -2.08. The van der Waals surface area contributed by atoms with Crippen LogP contribution < -0.4 is 16.4 Å². The lowest BCUT2D eigenvalue weighted by Crippen LogP contribution is -2.26. The maximum absolute atomic E-state index is 14.3. The van der Waals surface area contributed by atoms with Gasteiger partial charge in [0.25, 0.3) is 5.91 Å². The van der Waals surface area contributed by atoms with Crippen molar-refractivity contribution in [1.82, 2.24) is 0 Å². The first-order valence-corrected chi connectivity index (χ1v) is 7.62. The molecule has 110 valence electrons. The molecular weight excluding hydrogens is 289 g/mol. The first kappa shape index (κ1) is 13.9. The van der Waals surface area contributed by atoms with E-state index in [-0.39, 0.29) is 11.3 Å². The Morgan fingerprint density at radius 2 is 2.19 bits per heavy atom. The van der Waals surface area contributed by atoms with Gasteiger partial charge in [0.2, 0.25) is 0 Å². The van der Waals surface area contributed by atoms with Crippen LogP contribution in [0.3, 0.4) is 0 Å². The highest BCUT2D eigenvalue weighted by molar-refractivity contribution is 7.09. The molecule has 0 saturated heterocycles. The van der Waals surface area contributed by atoms with Crippen LogP contribution in [0, 0.1) is 5.82 Å². The van der Waals surface area contributed by atoms with Crippen molar-refractivity contribution >= 4 is 28.6 Å². The van der Waals surface area contributed by atoms with Crippen molar-refractivity contribution in [2.24, 2.45) is 5.73 Å². The summed E-state index contributed by atoms with van der Waals surface area (Å²) in [6.45, 7) is 0.626. The lowest BCUT2D eigenvalue weighted by Gasteiger charge is -2.25. The third kappa shape index (κ3) is 2.85. The number of benzene rings is 1. The maximum Gasteiger partial charge on any atom is 0.250 e. The molecule has 4 nitrogen and oxygen atoms in total. The van der Waals surface area contributed by atoms with Gasteiger partial charge in [-0.1, -0.05) is 6.07 Å². The Morgan fingerprint density at radius 3 is 2.76 bits per heavy atom. The van der Waals surface area contributed by atoms with Crippen molar-refractivity contribution in [2.45, 2.75) is 25.4 Å². The summed E-state index contributed by atoms with van der Waals surface area (Å²) >= 11 is 1.63. The minimum atomic E-state index is -0.638. The lowest BCUT2D eigenvalue weighted by molar-refractivity contribution is 0.100. The Balaban J connectivity index is 1.99. The highest BCUT2D eigenvalue weighted by atomic mass is 32.1. The number of anilines is 2. The summed E-state index contributed by atoms with van der Waals surface area (Å²) in [5.74, 6) is -1.05. The number of hydrogen-bond acceptors (Lipinski definition) is 4. The number of thiophene rings is 1. The SMILES string of the molecule is NC(=O)c1cc(N(Cc2cccs2)C2CC2)c(F)cc1N. The topological polar surface area (TPSA) is 72.4 Å². The lowest BCUT2D eigenvalue weighted by atomic mass is 10.1. The summed E-state index contributed by atoms with van der Waals surface area (Å²) in [5, 5.41) is 1.99. The smallest absolute Gasteiger partial charge is 0.250 e. The number of carbonyl (C=O) groups excluding carboxylic acids is 1. The van der Waals surface area contributed by atoms with Crippen molar-refractivity contribution in [2.75, 3.05) is 10.6 Å². The molecule has 2 aromatic rings. The van der Waals surface area contributed by atoms with Gasteiger partial charge < -0.3 is 16.4 Å². The van der Waals surface area contributed by atoms with Crippen molar-refractivity contribution in [1.29, 1.82) is 0 Å². The van der Waals surface area contributed by atoms with Gasteiger partial charge in [-0.25, -0.2) is 4.39 Å². The molecular formula is C15H16FN3OS. The summed E-state index contributed by atoms with van der Waals surface area (Å²) in [4.78, 5) is 14.6. The third-order valence-electron chi connectivity index (χ3n) is 3.59. The van der Waals surface area contributed by atoms with E-state index in [9.17, 15) is 9.18 Å². The van der Waals surface area contributed by atoms with E-state index in [2.05, 4.69) is 0 Å². The molecule has 1 fully saturated rings. The zero-order valence-corrected chi connectivity index (χ0v) is 12.2. The molecule has 0 atom stereocenters. The first-order chi connectivity index (χ1) is 10.1. The minimum Gasteiger partial charge on any atom is -0.398 e. The van der Waals surface area contributed by atoms with Gasteiger partial charge in [-0.2, -0.15) is 0 Å². The average molecular weight is 305 g/mol. The van der Waals surface area contributed by atoms with E-state index in [0.29, 0.717) is 18.3 Å². The fraction of sp³-hybridized carbons (Fsp3) is 0.267. The monoisotopic (exact) mass is 305 g/mol. The van der Waals surface area contributed by atoms with Gasteiger partial charge in [0.15, 0.2) is 0 Å².